The van der Waals surface area contributed by atoms with Gasteiger partial charge < -0.3 is 0 Å². The van der Waals surface area contributed by atoms with Crippen molar-refractivity contribution in [1.82, 2.24) is 3.97 Å². The summed E-state index contributed by atoms with van der Waals surface area (Å²) in [6.45, 7) is 3.85. The van der Waals surface area contributed by atoms with E-state index in [2.05, 4.69) is 22.9 Å². The number of aromatic nitrogens is 1. The molecular weight excluding hydrogens is 350 g/mol. The number of halogens is 1. The molecule has 21 heavy (non-hydrogen) atoms. The van der Waals surface area contributed by atoms with E-state index in [1.54, 1.807) is 36.4 Å². The Kier molecular flexibility index (Phi) is 3.63. The average Bonchev–Trinajstić information content (AvgIpc) is 2.89. The van der Waals surface area contributed by atoms with Gasteiger partial charge in [0.2, 0.25) is 0 Å². The van der Waals surface area contributed by atoms with Crippen molar-refractivity contribution < 1.29 is 8.42 Å². The predicted molar refractivity (Wildman–Crippen MR) is 87.7 cm³/mol. The summed E-state index contributed by atoms with van der Waals surface area (Å²) in [5.41, 5.74) is 1.33. The van der Waals surface area contributed by atoms with Crippen molar-refractivity contribution in [2.24, 2.45) is 0 Å². The molecular formula is C16H13BrNO2S. The van der Waals surface area contributed by atoms with E-state index in [4.69, 9.17) is 0 Å². The predicted octanol–water partition coefficient (Wildman–Crippen LogP) is 4.02. The van der Waals surface area contributed by atoms with Crippen LogP contribution in [-0.4, -0.2) is 12.4 Å². The number of hydrogen-bond donors (Lipinski definition) is 0. The number of benzene rings is 2. The second-order valence-corrected chi connectivity index (χ2v) is 7.28. The van der Waals surface area contributed by atoms with Gasteiger partial charge in [0.05, 0.1) is 10.4 Å². The highest BCUT2D eigenvalue weighted by Gasteiger charge is 2.22. The molecule has 0 fully saturated rings. The van der Waals surface area contributed by atoms with Gasteiger partial charge in [0.25, 0.3) is 10.0 Å². The maximum absolute atomic E-state index is 12.9. The van der Waals surface area contributed by atoms with Crippen molar-refractivity contribution in [3.05, 3.63) is 71.7 Å². The highest BCUT2D eigenvalue weighted by Crippen LogP contribution is 2.30. The zero-order valence-corrected chi connectivity index (χ0v) is 13.6. The average molecular weight is 363 g/mol. The van der Waals surface area contributed by atoms with Crippen molar-refractivity contribution >= 4 is 36.9 Å². The maximum atomic E-state index is 12.9. The molecule has 1 aromatic heterocycles. The molecule has 3 aromatic rings. The van der Waals surface area contributed by atoms with E-state index in [-0.39, 0.29) is 4.90 Å². The maximum Gasteiger partial charge on any atom is 0.268 e. The summed E-state index contributed by atoms with van der Waals surface area (Å²) in [6.07, 6.45) is 0.396. The Morgan fingerprint density at radius 1 is 1.05 bits per heavy atom. The van der Waals surface area contributed by atoms with E-state index in [1.165, 1.54) is 3.97 Å². The molecule has 0 aliphatic rings. The Morgan fingerprint density at radius 2 is 1.76 bits per heavy atom. The van der Waals surface area contributed by atoms with Gasteiger partial charge in [-0.3, -0.25) is 0 Å². The normalized spacial score (nSPS) is 11.9. The summed E-state index contributed by atoms with van der Waals surface area (Å²) < 4.78 is 28.1. The third kappa shape index (κ3) is 2.30. The van der Waals surface area contributed by atoms with E-state index >= 15 is 0 Å². The summed E-state index contributed by atoms with van der Waals surface area (Å²) in [5.74, 6) is 0. The van der Waals surface area contributed by atoms with Gasteiger partial charge in [0, 0.05) is 15.6 Å². The molecule has 0 saturated carbocycles. The van der Waals surface area contributed by atoms with Gasteiger partial charge >= 0.3 is 0 Å². The van der Waals surface area contributed by atoms with Crippen LogP contribution in [0.4, 0.5) is 0 Å². The minimum Gasteiger partial charge on any atom is -0.238 e. The summed E-state index contributed by atoms with van der Waals surface area (Å²) in [6, 6.07) is 15.8. The van der Waals surface area contributed by atoms with Gasteiger partial charge in [-0.05, 0) is 43.7 Å². The fourth-order valence-corrected chi connectivity index (χ4v) is 4.43. The van der Waals surface area contributed by atoms with Gasteiger partial charge in [0.1, 0.15) is 0 Å². The quantitative estimate of drug-likeness (QED) is 0.705. The first-order chi connectivity index (χ1) is 10.1. The molecule has 0 aliphatic carbocycles. The summed E-state index contributed by atoms with van der Waals surface area (Å²) in [4.78, 5) is 0.275. The van der Waals surface area contributed by atoms with Crippen LogP contribution >= 0.6 is 15.9 Å². The SMILES string of the molecule is [CH2]Cc1cc2c(Br)cccc2n1S(=O)(=O)c1ccccc1. The second kappa shape index (κ2) is 5.31. The molecule has 0 amide bonds. The molecule has 3 nitrogen and oxygen atoms in total. The van der Waals surface area contributed by atoms with Crippen LogP contribution in [-0.2, 0) is 16.4 Å². The van der Waals surface area contributed by atoms with Crippen LogP contribution in [0.5, 0.6) is 0 Å². The summed E-state index contributed by atoms with van der Waals surface area (Å²) in [5, 5.41) is 0.871. The number of fused-ring (bicyclic) bond motifs is 1. The van der Waals surface area contributed by atoms with Gasteiger partial charge in [0.15, 0.2) is 0 Å². The molecule has 1 heterocycles. The van der Waals surface area contributed by atoms with Gasteiger partial charge in [-0.2, -0.15) is 0 Å². The zero-order valence-electron chi connectivity index (χ0n) is 11.2. The zero-order chi connectivity index (χ0) is 15.0. The van der Waals surface area contributed by atoms with Gasteiger partial charge in [-0.25, -0.2) is 12.4 Å². The van der Waals surface area contributed by atoms with Crippen LogP contribution < -0.4 is 0 Å². The Balaban J connectivity index is 2.37. The number of hydrogen-bond acceptors (Lipinski definition) is 2. The third-order valence-electron chi connectivity index (χ3n) is 3.36. The Hall–Kier alpha value is -1.59. The summed E-state index contributed by atoms with van der Waals surface area (Å²) in [7, 11) is -3.63. The molecule has 0 aliphatic heterocycles. The van der Waals surface area contributed by atoms with E-state index in [9.17, 15) is 8.42 Å². The first-order valence-corrected chi connectivity index (χ1v) is 8.67. The van der Waals surface area contributed by atoms with Gasteiger partial charge in [-0.15, -0.1) is 0 Å². The van der Waals surface area contributed by atoms with E-state index < -0.39 is 10.0 Å². The number of nitrogens with zero attached hydrogens (tertiary/aromatic N) is 1. The largest absolute Gasteiger partial charge is 0.268 e. The Bertz CT molecular complexity index is 899. The smallest absolute Gasteiger partial charge is 0.238 e. The van der Waals surface area contributed by atoms with E-state index in [1.807, 2.05) is 18.2 Å². The van der Waals surface area contributed by atoms with Crippen LogP contribution in [0.15, 0.2) is 64.0 Å². The fourth-order valence-electron chi connectivity index (χ4n) is 2.38. The molecule has 0 spiro atoms. The first-order valence-electron chi connectivity index (χ1n) is 6.44. The lowest BCUT2D eigenvalue weighted by atomic mass is 10.2. The standard InChI is InChI=1S/C16H13BrNO2S/c1-2-12-11-14-15(17)9-6-10-16(14)18(12)21(19,20)13-7-4-3-5-8-13/h3-11H,1-2H2. The molecule has 1 radical (unpaired) electrons. The van der Waals surface area contributed by atoms with E-state index in [0.29, 0.717) is 17.6 Å². The molecule has 107 valence electrons. The fraction of sp³-hybridized carbons (Fsp3) is 0.0625. The molecule has 5 heteroatoms. The molecule has 0 unspecified atom stereocenters. The third-order valence-corrected chi connectivity index (χ3v) is 5.83. The van der Waals surface area contributed by atoms with Crippen LogP contribution in [0.3, 0.4) is 0 Å². The topological polar surface area (TPSA) is 39.1 Å². The molecule has 0 atom stereocenters. The minimum atomic E-state index is -3.63. The van der Waals surface area contributed by atoms with Crippen LogP contribution in [0, 0.1) is 6.92 Å². The minimum absolute atomic E-state index is 0.275. The highest BCUT2D eigenvalue weighted by molar-refractivity contribution is 9.10. The van der Waals surface area contributed by atoms with Crippen molar-refractivity contribution in [3.63, 3.8) is 0 Å². The first kappa shape index (κ1) is 14.4. The number of rotatable bonds is 3. The Labute approximate surface area is 132 Å². The molecule has 0 bridgehead atoms. The van der Waals surface area contributed by atoms with Crippen molar-refractivity contribution in [3.8, 4) is 0 Å². The molecule has 0 saturated heterocycles. The van der Waals surface area contributed by atoms with Crippen molar-refractivity contribution in [2.45, 2.75) is 11.3 Å². The summed E-state index contributed by atoms with van der Waals surface area (Å²) >= 11 is 3.47. The molecule has 3 rings (SSSR count). The molecule has 2 aromatic carbocycles. The highest BCUT2D eigenvalue weighted by atomic mass is 79.9. The van der Waals surface area contributed by atoms with Crippen molar-refractivity contribution in [1.29, 1.82) is 0 Å². The Morgan fingerprint density at radius 3 is 2.43 bits per heavy atom. The van der Waals surface area contributed by atoms with Crippen LogP contribution in [0.25, 0.3) is 10.9 Å². The second-order valence-electron chi connectivity index (χ2n) is 4.64. The lowest BCUT2D eigenvalue weighted by molar-refractivity contribution is 0.587. The lowest BCUT2D eigenvalue weighted by Crippen LogP contribution is -2.15. The van der Waals surface area contributed by atoms with Crippen LogP contribution in [0.2, 0.25) is 0 Å². The van der Waals surface area contributed by atoms with Crippen molar-refractivity contribution in [2.75, 3.05) is 0 Å². The lowest BCUT2D eigenvalue weighted by Gasteiger charge is -2.11. The monoisotopic (exact) mass is 362 g/mol. The van der Waals surface area contributed by atoms with Gasteiger partial charge in [-0.1, -0.05) is 40.2 Å². The van der Waals surface area contributed by atoms with E-state index in [0.717, 1.165) is 9.86 Å². The van der Waals surface area contributed by atoms with Crippen LogP contribution in [0.1, 0.15) is 5.69 Å². The molecule has 0 N–H and O–H groups in total.